The first-order valence-corrected chi connectivity index (χ1v) is 12.4. The van der Waals surface area contributed by atoms with Gasteiger partial charge in [0, 0.05) is 17.5 Å². The number of halogens is 5. The number of rotatable bonds is 9. The van der Waals surface area contributed by atoms with E-state index in [2.05, 4.69) is 10.3 Å². The Labute approximate surface area is 231 Å². The summed E-state index contributed by atoms with van der Waals surface area (Å²) >= 11 is 5.84. The number of benzene rings is 2. The highest BCUT2D eigenvalue weighted by Gasteiger charge is 2.56. The number of aromatic nitrogens is 1. The van der Waals surface area contributed by atoms with Gasteiger partial charge in [0.05, 0.1) is 44.7 Å². The Hall–Kier alpha value is -3.61. The molecule has 2 atom stereocenters. The van der Waals surface area contributed by atoms with Crippen LogP contribution in [0.25, 0.3) is 11.3 Å². The van der Waals surface area contributed by atoms with Crippen molar-refractivity contribution in [2.24, 2.45) is 0 Å². The predicted octanol–water partition coefficient (Wildman–Crippen LogP) is 4.91. The molecule has 1 aliphatic rings. The lowest BCUT2D eigenvalue weighted by Gasteiger charge is -2.30. The normalized spacial score (nSPS) is 16.8. The summed E-state index contributed by atoms with van der Waals surface area (Å²) in [5, 5.41) is 12.7. The molecule has 1 saturated heterocycles. The molecule has 1 fully saturated rings. The quantitative estimate of drug-likeness (QED) is 0.345. The van der Waals surface area contributed by atoms with Gasteiger partial charge in [-0.1, -0.05) is 11.6 Å². The van der Waals surface area contributed by atoms with E-state index in [4.69, 9.17) is 30.5 Å². The van der Waals surface area contributed by atoms with Gasteiger partial charge in [-0.15, -0.1) is 0 Å². The van der Waals surface area contributed by atoms with Crippen LogP contribution in [0.2, 0.25) is 5.02 Å². The highest BCUT2D eigenvalue weighted by molar-refractivity contribution is 6.31. The van der Waals surface area contributed by atoms with Crippen molar-refractivity contribution in [3.63, 3.8) is 0 Å². The van der Waals surface area contributed by atoms with Crippen molar-refractivity contribution >= 4 is 17.5 Å². The van der Waals surface area contributed by atoms with Crippen molar-refractivity contribution < 1.29 is 46.4 Å². The van der Waals surface area contributed by atoms with Gasteiger partial charge in [0.1, 0.15) is 23.4 Å². The molecule has 13 heteroatoms. The van der Waals surface area contributed by atoms with Crippen LogP contribution >= 0.6 is 11.6 Å². The first-order chi connectivity index (χ1) is 19.0. The number of nitrogens with zero attached hydrogens (tertiary/aromatic N) is 1. The molecule has 0 aliphatic carbocycles. The number of carbonyl (C=O) groups is 1. The summed E-state index contributed by atoms with van der Waals surface area (Å²) < 4.78 is 78.0. The molecule has 8 nitrogen and oxygen atoms in total. The number of hydrogen-bond acceptors (Lipinski definition) is 7. The van der Waals surface area contributed by atoms with Crippen molar-refractivity contribution in [2.75, 3.05) is 34.0 Å². The number of alkyl halides is 3. The maximum Gasteiger partial charge on any atom is 0.424 e. The molecule has 0 spiro atoms. The Morgan fingerprint density at radius 3 is 2.45 bits per heavy atom. The summed E-state index contributed by atoms with van der Waals surface area (Å²) in [6, 6.07) is 9.68. The number of hydrogen-bond donors (Lipinski definition) is 2. The molecule has 2 aromatic carbocycles. The Morgan fingerprint density at radius 1 is 1.10 bits per heavy atom. The zero-order chi connectivity index (χ0) is 29.1. The summed E-state index contributed by atoms with van der Waals surface area (Å²) in [7, 11) is 2.63. The molecule has 1 aliphatic heterocycles. The number of nitrogens with one attached hydrogen (secondary N) is 1. The fourth-order valence-corrected chi connectivity index (χ4v) is 4.21. The van der Waals surface area contributed by atoms with E-state index in [0.717, 1.165) is 12.1 Å². The van der Waals surface area contributed by atoms with Crippen molar-refractivity contribution in [3.05, 3.63) is 70.6 Å². The Bertz CT molecular complexity index is 1380. The molecule has 2 N–H and O–H groups in total. The van der Waals surface area contributed by atoms with E-state index in [1.54, 1.807) is 0 Å². The highest BCUT2D eigenvalue weighted by Crippen LogP contribution is 2.40. The molecule has 40 heavy (non-hydrogen) atoms. The lowest BCUT2D eigenvalue weighted by atomic mass is 9.96. The third-order valence-electron chi connectivity index (χ3n) is 6.28. The average Bonchev–Trinajstić information content (AvgIpc) is 3.45. The smallest absolute Gasteiger partial charge is 0.424 e. The van der Waals surface area contributed by atoms with E-state index in [1.807, 2.05) is 0 Å². The topological polar surface area (TPSA) is 99.1 Å². The second-order valence-electron chi connectivity index (χ2n) is 8.89. The van der Waals surface area contributed by atoms with Crippen LogP contribution in [-0.2, 0) is 10.3 Å². The predicted molar refractivity (Wildman–Crippen MR) is 136 cm³/mol. The molecular formula is C27H25ClF4N2O6. The molecule has 2 heterocycles. The van der Waals surface area contributed by atoms with Gasteiger partial charge in [0.2, 0.25) is 5.60 Å². The fourth-order valence-electron chi connectivity index (χ4n) is 4.03. The van der Waals surface area contributed by atoms with E-state index >= 15 is 0 Å². The Morgan fingerprint density at radius 2 is 1.82 bits per heavy atom. The standard InChI is InChI=1S/C27H25ClF4N2O6/c1-37-21-7-8-23(34-24(21)15-3-5-19(29)18(28)11-15)26(36,27(30,31)32)14-33-25(35)16-4-6-20(22(12-16)38-2)40-17-9-10-39-13-17/h3-8,11-12,17,36H,9-10,13-14H2,1-2H3,(H,33,35). The maximum absolute atomic E-state index is 14.3. The summed E-state index contributed by atoms with van der Waals surface area (Å²) in [4.78, 5) is 16.8. The number of ether oxygens (including phenoxy) is 4. The largest absolute Gasteiger partial charge is 0.494 e. The van der Waals surface area contributed by atoms with Gasteiger partial charge in [-0.05, 0) is 48.5 Å². The van der Waals surface area contributed by atoms with Crippen LogP contribution in [0.1, 0.15) is 22.5 Å². The van der Waals surface area contributed by atoms with E-state index in [9.17, 15) is 27.5 Å². The van der Waals surface area contributed by atoms with Gasteiger partial charge in [-0.2, -0.15) is 13.2 Å². The monoisotopic (exact) mass is 584 g/mol. The van der Waals surface area contributed by atoms with Gasteiger partial charge in [-0.3, -0.25) is 4.79 Å². The maximum atomic E-state index is 14.3. The number of pyridine rings is 1. The zero-order valence-corrected chi connectivity index (χ0v) is 22.1. The molecule has 2 unspecified atom stereocenters. The molecule has 0 bridgehead atoms. The minimum atomic E-state index is -5.25. The number of amides is 1. The van der Waals surface area contributed by atoms with Crippen LogP contribution < -0.4 is 19.5 Å². The third kappa shape index (κ3) is 6.08. The van der Waals surface area contributed by atoms with Crippen LogP contribution in [-0.4, -0.2) is 62.3 Å². The van der Waals surface area contributed by atoms with Gasteiger partial charge < -0.3 is 29.4 Å². The average molecular weight is 585 g/mol. The highest BCUT2D eigenvalue weighted by atomic mass is 35.5. The van der Waals surface area contributed by atoms with Crippen molar-refractivity contribution in [3.8, 4) is 28.5 Å². The van der Waals surface area contributed by atoms with Crippen LogP contribution in [0.5, 0.6) is 17.2 Å². The van der Waals surface area contributed by atoms with Crippen LogP contribution in [0.3, 0.4) is 0 Å². The number of methoxy groups -OCH3 is 2. The van der Waals surface area contributed by atoms with E-state index in [0.29, 0.717) is 25.4 Å². The Kier molecular flexibility index (Phi) is 8.71. The summed E-state index contributed by atoms with van der Waals surface area (Å²) in [6.07, 6.45) is -4.77. The minimum Gasteiger partial charge on any atom is -0.494 e. The molecule has 0 saturated carbocycles. The number of carbonyl (C=O) groups excluding carboxylic acids is 1. The van der Waals surface area contributed by atoms with E-state index < -0.39 is 35.7 Å². The first kappa shape index (κ1) is 29.4. The SMILES string of the molecule is COc1cc(C(=O)NCC(O)(c2ccc(OC)c(-c3ccc(F)c(Cl)c3)n2)C(F)(F)F)ccc1OC1CCOC1. The van der Waals surface area contributed by atoms with Crippen LogP contribution in [0.4, 0.5) is 17.6 Å². The van der Waals surface area contributed by atoms with Gasteiger partial charge >= 0.3 is 6.18 Å². The van der Waals surface area contributed by atoms with Gasteiger partial charge in [0.15, 0.2) is 11.5 Å². The third-order valence-corrected chi connectivity index (χ3v) is 6.57. The minimum absolute atomic E-state index is 0.0271. The summed E-state index contributed by atoms with van der Waals surface area (Å²) in [6.45, 7) is -0.313. The van der Waals surface area contributed by atoms with E-state index in [1.165, 1.54) is 50.6 Å². The molecular weight excluding hydrogens is 560 g/mol. The van der Waals surface area contributed by atoms with Crippen molar-refractivity contribution in [1.29, 1.82) is 0 Å². The first-order valence-electron chi connectivity index (χ1n) is 12.0. The fraction of sp³-hybridized carbons (Fsp3) is 0.333. The molecule has 0 radical (unpaired) electrons. The second kappa shape index (κ2) is 11.9. The molecule has 4 rings (SSSR count). The molecule has 1 aromatic heterocycles. The van der Waals surface area contributed by atoms with Crippen molar-refractivity contribution in [2.45, 2.75) is 24.3 Å². The summed E-state index contributed by atoms with van der Waals surface area (Å²) in [5.74, 6) is -1.05. The Balaban J connectivity index is 1.60. The lowest BCUT2D eigenvalue weighted by Crippen LogP contribution is -2.51. The molecule has 3 aromatic rings. The zero-order valence-electron chi connectivity index (χ0n) is 21.4. The molecule has 214 valence electrons. The van der Waals surface area contributed by atoms with Gasteiger partial charge in [0.25, 0.3) is 5.91 Å². The van der Waals surface area contributed by atoms with Crippen LogP contribution in [0.15, 0.2) is 48.5 Å². The molecule has 1 amide bonds. The summed E-state index contributed by atoms with van der Waals surface area (Å²) in [5.41, 5.74) is -4.41. The van der Waals surface area contributed by atoms with Crippen molar-refractivity contribution in [1.82, 2.24) is 10.3 Å². The van der Waals surface area contributed by atoms with E-state index in [-0.39, 0.29) is 39.4 Å². The van der Waals surface area contributed by atoms with Crippen LogP contribution in [0, 0.1) is 5.82 Å². The van der Waals surface area contributed by atoms with Gasteiger partial charge in [-0.25, -0.2) is 9.37 Å². The lowest BCUT2D eigenvalue weighted by molar-refractivity contribution is -0.265. The second-order valence-corrected chi connectivity index (χ2v) is 9.29. The number of aliphatic hydroxyl groups is 1.